The number of benzene rings is 1. The highest BCUT2D eigenvalue weighted by Gasteiger charge is 2.36. The first-order valence-electron chi connectivity index (χ1n) is 8.73. The van der Waals surface area contributed by atoms with Crippen LogP contribution in [0.4, 0.5) is 0 Å². The molecule has 8 nitrogen and oxygen atoms in total. The Morgan fingerprint density at radius 3 is 2.41 bits per heavy atom. The molecule has 0 atom stereocenters. The highest BCUT2D eigenvalue weighted by atomic mass is 32.2. The molecule has 0 aliphatic heterocycles. The fraction of sp³-hybridized carbons (Fsp3) is 0.556. The number of ether oxygens (including phenoxy) is 2. The first-order valence-corrected chi connectivity index (χ1v) is 10.2. The summed E-state index contributed by atoms with van der Waals surface area (Å²) in [7, 11) is -1.06. The topological polar surface area (TPSA) is 110 Å². The Labute approximate surface area is 159 Å². The molecule has 1 N–H and O–H groups in total. The minimum absolute atomic E-state index is 0.0615. The third-order valence-corrected chi connectivity index (χ3v) is 6.79. The Morgan fingerprint density at radius 2 is 1.85 bits per heavy atom. The second kappa shape index (κ2) is 9.29. The lowest BCUT2D eigenvalue weighted by Crippen LogP contribution is -2.44. The van der Waals surface area contributed by atoms with E-state index in [1.807, 2.05) is 0 Å². The Bertz CT molecular complexity index is 770. The highest BCUT2D eigenvalue weighted by molar-refractivity contribution is 7.89. The van der Waals surface area contributed by atoms with E-state index >= 15 is 0 Å². The molecule has 9 heteroatoms. The largest absolute Gasteiger partial charge is 0.478 e. The van der Waals surface area contributed by atoms with Gasteiger partial charge in [0.25, 0.3) is 0 Å². The van der Waals surface area contributed by atoms with Crippen molar-refractivity contribution in [3.05, 3.63) is 29.8 Å². The molecule has 1 aromatic rings. The molecule has 2 rings (SSSR count). The number of carboxylic acid groups (broad SMARTS) is 1. The van der Waals surface area contributed by atoms with Gasteiger partial charge in [-0.1, -0.05) is 6.07 Å². The van der Waals surface area contributed by atoms with Crippen LogP contribution in [0.2, 0.25) is 0 Å². The summed E-state index contributed by atoms with van der Waals surface area (Å²) < 4.78 is 37.5. The van der Waals surface area contributed by atoms with E-state index in [0.717, 1.165) is 6.07 Å². The molecule has 0 aromatic heterocycles. The molecular formula is C18H25NO7S. The van der Waals surface area contributed by atoms with Crippen LogP contribution in [0.15, 0.2) is 29.2 Å². The maximum atomic E-state index is 13.2. The van der Waals surface area contributed by atoms with Gasteiger partial charge in [-0.3, -0.25) is 4.79 Å². The predicted octanol–water partition coefficient (Wildman–Crippen LogP) is 1.75. The van der Waals surface area contributed by atoms with Gasteiger partial charge in [-0.05, 0) is 43.9 Å². The molecule has 27 heavy (non-hydrogen) atoms. The highest BCUT2D eigenvalue weighted by Crippen LogP contribution is 2.31. The summed E-state index contributed by atoms with van der Waals surface area (Å²) in [6.45, 7) is 0.373. The Balaban J connectivity index is 2.26. The number of methoxy groups -OCH3 is 2. The van der Waals surface area contributed by atoms with Crippen LogP contribution >= 0.6 is 0 Å². The third kappa shape index (κ3) is 5.06. The predicted molar refractivity (Wildman–Crippen MR) is 96.9 cm³/mol. The van der Waals surface area contributed by atoms with Gasteiger partial charge in [-0.25, -0.2) is 13.2 Å². The van der Waals surface area contributed by atoms with Crippen molar-refractivity contribution >= 4 is 22.0 Å². The molecule has 0 amide bonds. The summed E-state index contributed by atoms with van der Waals surface area (Å²) >= 11 is 0. The van der Waals surface area contributed by atoms with E-state index in [1.165, 1.54) is 36.7 Å². The van der Waals surface area contributed by atoms with Crippen LogP contribution in [0, 0.1) is 5.92 Å². The zero-order valence-electron chi connectivity index (χ0n) is 15.5. The molecule has 0 radical (unpaired) electrons. The lowest BCUT2D eigenvalue weighted by Gasteiger charge is -2.35. The van der Waals surface area contributed by atoms with Crippen LogP contribution in [0.5, 0.6) is 0 Å². The molecule has 1 aliphatic carbocycles. The SMILES string of the molecule is COCCN(C1CCC(C(=O)OC)CC1)S(=O)(=O)c1cccc(C(=O)O)c1. The van der Waals surface area contributed by atoms with Gasteiger partial charge in [0.1, 0.15) is 0 Å². The molecule has 0 bridgehead atoms. The van der Waals surface area contributed by atoms with Gasteiger partial charge < -0.3 is 14.6 Å². The number of hydrogen-bond donors (Lipinski definition) is 1. The van der Waals surface area contributed by atoms with Crippen molar-refractivity contribution in [3.63, 3.8) is 0 Å². The third-order valence-electron chi connectivity index (χ3n) is 4.84. The fourth-order valence-corrected chi connectivity index (χ4v) is 5.09. The van der Waals surface area contributed by atoms with E-state index in [4.69, 9.17) is 14.6 Å². The molecule has 1 aliphatic rings. The number of aromatic carboxylic acids is 1. The molecule has 0 spiro atoms. The van der Waals surface area contributed by atoms with Gasteiger partial charge in [-0.15, -0.1) is 0 Å². The van der Waals surface area contributed by atoms with Gasteiger partial charge in [0.15, 0.2) is 0 Å². The van der Waals surface area contributed by atoms with Gasteiger partial charge in [0.05, 0.1) is 30.1 Å². The first kappa shape index (κ1) is 21.3. The van der Waals surface area contributed by atoms with Crippen molar-refractivity contribution in [2.24, 2.45) is 5.92 Å². The molecular weight excluding hydrogens is 374 g/mol. The molecule has 150 valence electrons. The maximum absolute atomic E-state index is 13.2. The van der Waals surface area contributed by atoms with Crippen LogP contribution < -0.4 is 0 Å². The molecule has 0 unspecified atom stereocenters. The number of carboxylic acids is 1. The van der Waals surface area contributed by atoms with E-state index < -0.39 is 16.0 Å². The lowest BCUT2D eigenvalue weighted by molar-refractivity contribution is -0.146. The van der Waals surface area contributed by atoms with Crippen molar-refractivity contribution in [2.75, 3.05) is 27.4 Å². The average molecular weight is 399 g/mol. The number of carbonyl (C=O) groups is 2. The van der Waals surface area contributed by atoms with Crippen molar-refractivity contribution in [1.29, 1.82) is 0 Å². The minimum Gasteiger partial charge on any atom is -0.478 e. The monoisotopic (exact) mass is 399 g/mol. The maximum Gasteiger partial charge on any atom is 0.335 e. The molecule has 1 saturated carbocycles. The van der Waals surface area contributed by atoms with Crippen LogP contribution in [0.25, 0.3) is 0 Å². The quantitative estimate of drug-likeness (QED) is 0.663. The number of hydrogen-bond acceptors (Lipinski definition) is 6. The van der Waals surface area contributed by atoms with Crippen LogP contribution in [-0.4, -0.2) is 63.2 Å². The zero-order chi connectivity index (χ0) is 20.0. The lowest BCUT2D eigenvalue weighted by atomic mass is 9.86. The number of nitrogens with zero attached hydrogens (tertiary/aromatic N) is 1. The van der Waals surface area contributed by atoms with Gasteiger partial charge in [-0.2, -0.15) is 4.31 Å². The normalized spacial score (nSPS) is 20.4. The molecule has 1 aromatic carbocycles. The minimum atomic E-state index is -3.90. The Kier molecular flexibility index (Phi) is 7.34. The number of esters is 1. The van der Waals surface area contributed by atoms with E-state index in [1.54, 1.807) is 0 Å². The zero-order valence-corrected chi connectivity index (χ0v) is 16.3. The number of sulfonamides is 1. The Hall–Kier alpha value is -1.97. The van der Waals surface area contributed by atoms with E-state index in [0.29, 0.717) is 25.7 Å². The summed E-state index contributed by atoms with van der Waals surface area (Å²) in [5.41, 5.74) is -0.0860. The van der Waals surface area contributed by atoms with Crippen LogP contribution in [-0.2, 0) is 24.3 Å². The van der Waals surface area contributed by atoms with Gasteiger partial charge in [0, 0.05) is 19.7 Å². The van der Waals surface area contributed by atoms with E-state index in [-0.39, 0.29) is 41.5 Å². The van der Waals surface area contributed by atoms with Crippen molar-refractivity contribution in [2.45, 2.75) is 36.6 Å². The summed E-state index contributed by atoms with van der Waals surface area (Å²) in [4.78, 5) is 22.8. The van der Waals surface area contributed by atoms with Gasteiger partial charge in [0.2, 0.25) is 10.0 Å². The van der Waals surface area contributed by atoms with E-state index in [2.05, 4.69) is 0 Å². The Morgan fingerprint density at radius 1 is 1.19 bits per heavy atom. The smallest absolute Gasteiger partial charge is 0.335 e. The van der Waals surface area contributed by atoms with Crippen molar-refractivity contribution in [3.8, 4) is 0 Å². The van der Waals surface area contributed by atoms with E-state index in [9.17, 15) is 18.0 Å². The summed E-state index contributed by atoms with van der Waals surface area (Å²) in [6.07, 6.45) is 2.15. The standard InChI is InChI=1S/C18H25NO7S/c1-25-11-10-19(15-8-6-13(7-9-15)18(22)26-2)27(23,24)16-5-3-4-14(12-16)17(20)21/h3-5,12-13,15H,6-11H2,1-2H3,(H,20,21). The molecule has 1 fully saturated rings. The summed E-state index contributed by atoms with van der Waals surface area (Å²) in [5.74, 6) is -1.67. The summed E-state index contributed by atoms with van der Waals surface area (Å²) in [5, 5.41) is 9.14. The molecule has 0 saturated heterocycles. The van der Waals surface area contributed by atoms with Crippen molar-refractivity contribution in [1.82, 2.24) is 4.31 Å². The van der Waals surface area contributed by atoms with Crippen LogP contribution in [0.3, 0.4) is 0 Å². The second-order valence-corrected chi connectivity index (χ2v) is 8.36. The average Bonchev–Trinajstić information content (AvgIpc) is 2.68. The van der Waals surface area contributed by atoms with Crippen molar-refractivity contribution < 1.29 is 32.6 Å². The number of carbonyl (C=O) groups excluding carboxylic acids is 1. The first-order chi connectivity index (χ1) is 12.8. The fourth-order valence-electron chi connectivity index (χ4n) is 3.37. The second-order valence-electron chi connectivity index (χ2n) is 6.47. The van der Waals surface area contributed by atoms with Gasteiger partial charge >= 0.3 is 11.9 Å². The van der Waals surface area contributed by atoms with Crippen LogP contribution in [0.1, 0.15) is 36.0 Å². The number of rotatable bonds is 8. The summed E-state index contributed by atoms with van der Waals surface area (Å²) in [6, 6.07) is 5.04. The molecule has 0 heterocycles.